The van der Waals surface area contributed by atoms with Crippen LogP contribution in [0.3, 0.4) is 0 Å². The summed E-state index contributed by atoms with van der Waals surface area (Å²) in [7, 11) is 4.01. The lowest BCUT2D eigenvalue weighted by Gasteiger charge is -2.39. The summed E-state index contributed by atoms with van der Waals surface area (Å²) in [5.74, 6) is 2.57. The van der Waals surface area contributed by atoms with E-state index in [1.54, 1.807) is 0 Å². The van der Waals surface area contributed by atoms with Gasteiger partial charge >= 0.3 is 0 Å². The van der Waals surface area contributed by atoms with E-state index in [2.05, 4.69) is 50.9 Å². The number of likely N-dealkylation sites (tertiary alicyclic amines) is 1. The molecule has 7 heteroatoms. The first-order valence-corrected chi connectivity index (χ1v) is 9.71. The van der Waals surface area contributed by atoms with E-state index in [4.69, 9.17) is 4.99 Å². The third-order valence-electron chi connectivity index (χ3n) is 5.14. The minimum Gasteiger partial charge on any atom is -0.363 e. The highest BCUT2D eigenvalue weighted by atomic mass is 15.3. The monoisotopic (exact) mass is 369 g/mol. The number of rotatable bonds is 5. The molecule has 146 valence electrons. The molecule has 0 aromatic carbocycles. The van der Waals surface area contributed by atoms with Crippen molar-refractivity contribution in [2.45, 2.75) is 32.9 Å². The van der Waals surface area contributed by atoms with Crippen LogP contribution in [0.4, 0.5) is 5.82 Å². The quantitative estimate of drug-likeness (QED) is 0.648. The maximum Gasteiger partial charge on any atom is 0.194 e. The van der Waals surface area contributed by atoms with Crippen molar-refractivity contribution in [1.29, 1.82) is 0 Å². The topological polar surface area (TPSA) is 61.6 Å². The highest BCUT2D eigenvalue weighted by Crippen LogP contribution is 2.27. The van der Waals surface area contributed by atoms with Crippen molar-refractivity contribution in [2.24, 2.45) is 10.9 Å². The van der Waals surface area contributed by atoms with Crippen molar-refractivity contribution in [1.82, 2.24) is 24.8 Å². The van der Waals surface area contributed by atoms with Crippen molar-refractivity contribution < 1.29 is 0 Å². The Labute approximate surface area is 162 Å². The Morgan fingerprint density at radius 2 is 2.22 bits per heavy atom. The number of piperidine rings is 1. The average Bonchev–Trinajstić information content (AvgIpc) is 3.20. The summed E-state index contributed by atoms with van der Waals surface area (Å²) in [4.78, 5) is 17.9. The molecule has 2 atom stereocenters. The summed E-state index contributed by atoms with van der Waals surface area (Å²) in [6.07, 6.45) is 8.84. The van der Waals surface area contributed by atoms with Crippen molar-refractivity contribution in [3.05, 3.63) is 42.6 Å². The van der Waals surface area contributed by atoms with Gasteiger partial charge in [-0.2, -0.15) is 0 Å². The molecule has 0 spiro atoms. The van der Waals surface area contributed by atoms with Crippen molar-refractivity contribution in [2.75, 3.05) is 38.6 Å². The zero-order chi connectivity index (χ0) is 19.2. The lowest BCUT2D eigenvalue weighted by atomic mass is 9.93. The van der Waals surface area contributed by atoms with E-state index >= 15 is 0 Å². The second kappa shape index (κ2) is 8.88. The van der Waals surface area contributed by atoms with Crippen molar-refractivity contribution in [3.8, 4) is 0 Å². The maximum atomic E-state index is 4.91. The average molecular weight is 370 g/mol. The largest absolute Gasteiger partial charge is 0.363 e. The number of hydrogen-bond donors (Lipinski definition) is 1. The first-order valence-electron chi connectivity index (χ1n) is 9.71. The van der Waals surface area contributed by atoms with Crippen LogP contribution in [0.2, 0.25) is 0 Å². The van der Waals surface area contributed by atoms with Crippen LogP contribution in [0.5, 0.6) is 0 Å². The van der Waals surface area contributed by atoms with E-state index in [9.17, 15) is 0 Å². The van der Waals surface area contributed by atoms with Crippen LogP contribution < -0.4 is 10.2 Å². The lowest BCUT2D eigenvalue weighted by molar-refractivity contribution is 0.189. The number of pyridine rings is 1. The van der Waals surface area contributed by atoms with Crippen molar-refractivity contribution in [3.63, 3.8) is 0 Å². The Bertz CT molecular complexity index is 739. The Morgan fingerprint density at radius 1 is 1.37 bits per heavy atom. The van der Waals surface area contributed by atoms with Crippen LogP contribution in [0.25, 0.3) is 0 Å². The van der Waals surface area contributed by atoms with Gasteiger partial charge in [-0.05, 0) is 37.0 Å². The van der Waals surface area contributed by atoms with Crippen LogP contribution >= 0.6 is 0 Å². The molecule has 3 heterocycles. The molecule has 2 aromatic rings. The van der Waals surface area contributed by atoms with Gasteiger partial charge in [0.2, 0.25) is 0 Å². The minimum atomic E-state index is 0.423. The molecule has 27 heavy (non-hydrogen) atoms. The van der Waals surface area contributed by atoms with Gasteiger partial charge in [0.15, 0.2) is 5.96 Å². The van der Waals surface area contributed by atoms with E-state index in [0.717, 1.165) is 37.8 Å². The molecular formula is C20H31N7. The first-order chi connectivity index (χ1) is 13.1. The van der Waals surface area contributed by atoms with Gasteiger partial charge in [0, 0.05) is 52.3 Å². The number of nitrogens with zero attached hydrogens (tertiary/aromatic N) is 6. The third-order valence-corrected chi connectivity index (χ3v) is 5.14. The van der Waals surface area contributed by atoms with E-state index in [-0.39, 0.29) is 0 Å². The third kappa shape index (κ3) is 4.78. The minimum absolute atomic E-state index is 0.423. The molecule has 1 saturated heterocycles. The Morgan fingerprint density at radius 3 is 2.93 bits per heavy atom. The second-order valence-corrected chi connectivity index (χ2v) is 7.38. The predicted molar refractivity (Wildman–Crippen MR) is 110 cm³/mol. The summed E-state index contributed by atoms with van der Waals surface area (Å²) < 4.78 is 2.23. The summed E-state index contributed by atoms with van der Waals surface area (Å²) in [5, 5.41) is 3.47. The highest BCUT2D eigenvalue weighted by molar-refractivity contribution is 5.80. The van der Waals surface area contributed by atoms with Gasteiger partial charge in [-0.15, -0.1) is 0 Å². The lowest BCUT2D eigenvalue weighted by Crippen LogP contribution is -2.49. The zero-order valence-electron chi connectivity index (χ0n) is 16.8. The fraction of sp³-hybridized carbons (Fsp3) is 0.550. The number of imidazole rings is 1. The zero-order valence-corrected chi connectivity index (χ0v) is 16.8. The number of aliphatic imine (C=N–C) groups is 1. The fourth-order valence-corrected chi connectivity index (χ4v) is 3.49. The van der Waals surface area contributed by atoms with Gasteiger partial charge in [-0.25, -0.2) is 15.0 Å². The molecule has 1 aliphatic heterocycles. The number of nitrogens with one attached hydrogen (secondary N) is 1. The maximum absolute atomic E-state index is 4.91. The van der Waals surface area contributed by atoms with Crippen molar-refractivity contribution >= 4 is 11.8 Å². The molecule has 0 saturated carbocycles. The molecule has 0 aliphatic carbocycles. The van der Waals surface area contributed by atoms with Gasteiger partial charge in [0.05, 0.1) is 18.9 Å². The molecule has 1 fully saturated rings. The fourth-order valence-electron chi connectivity index (χ4n) is 3.49. The van der Waals surface area contributed by atoms with Crippen LogP contribution in [0.15, 0.2) is 42.0 Å². The summed E-state index contributed by atoms with van der Waals surface area (Å²) in [6.45, 7) is 7.92. The highest BCUT2D eigenvalue weighted by Gasteiger charge is 2.28. The Kier molecular flexibility index (Phi) is 6.32. The Hall–Kier alpha value is -2.57. The van der Waals surface area contributed by atoms with Gasteiger partial charge in [-0.1, -0.05) is 6.92 Å². The first kappa shape index (κ1) is 19.2. The molecule has 2 unspecified atom stereocenters. The van der Waals surface area contributed by atoms with Gasteiger partial charge < -0.3 is 19.7 Å². The molecule has 1 aliphatic rings. The van der Waals surface area contributed by atoms with E-state index < -0.39 is 0 Å². The molecule has 0 bridgehead atoms. The standard InChI is InChI=1S/C20H31N7/c1-5-22-20(24-13-17-6-8-23-19(12-17)25(3)4)26-10-7-16(2)18(14-26)27-11-9-21-15-27/h6,8-9,11-12,15-16,18H,5,7,10,13-14H2,1-4H3,(H,22,24). The molecular weight excluding hydrogens is 338 g/mol. The SMILES string of the molecule is CCNC(=NCc1ccnc(N(C)C)c1)N1CCC(C)C(n2ccnc2)C1. The number of hydrogen-bond acceptors (Lipinski definition) is 4. The van der Waals surface area contributed by atoms with Gasteiger partial charge in [0.25, 0.3) is 0 Å². The molecule has 0 amide bonds. The van der Waals surface area contributed by atoms with E-state index in [0.29, 0.717) is 18.5 Å². The number of aromatic nitrogens is 3. The van der Waals surface area contributed by atoms with Gasteiger partial charge in [0.1, 0.15) is 5.82 Å². The van der Waals surface area contributed by atoms with Crippen LogP contribution in [-0.2, 0) is 6.54 Å². The summed E-state index contributed by atoms with van der Waals surface area (Å²) >= 11 is 0. The Balaban J connectivity index is 1.74. The molecule has 3 rings (SSSR count). The smallest absolute Gasteiger partial charge is 0.194 e. The summed E-state index contributed by atoms with van der Waals surface area (Å²) in [5.41, 5.74) is 1.17. The predicted octanol–water partition coefficient (Wildman–Crippen LogP) is 2.39. The van der Waals surface area contributed by atoms with E-state index in [1.165, 1.54) is 5.56 Å². The second-order valence-electron chi connectivity index (χ2n) is 7.38. The molecule has 2 aromatic heterocycles. The number of guanidine groups is 1. The van der Waals surface area contributed by atoms with Crippen LogP contribution in [0.1, 0.15) is 31.9 Å². The van der Waals surface area contributed by atoms with Crippen LogP contribution in [-0.4, -0.2) is 59.1 Å². The van der Waals surface area contributed by atoms with Gasteiger partial charge in [-0.3, -0.25) is 0 Å². The van der Waals surface area contributed by atoms with E-state index in [1.807, 2.05) is 43.8 Å². The molecule has 7 nitrogen and oxygen atoms in total. The molecule has 0 radical (unpaired) electrons. The summed E-state index contributed by atoms with van der Waals surface area (Å²) in [6, 6.07) is 4.55. The molecule has 1 N–H and O–H groups in total. The number of anilines is 1. The van der Waals surface area contributed by atoms with Crippen LogP contribution in [0, 0.1) is 5.92 Å². The normalized spacial score (nSPS) is 20.6.